The SMILES string of the molecule is OC1(c2ccccc2-c2ccc(-c3ccc(Cl)cc3)cc2)CCC2(CC1)c1ccccc1-c1ccccc12. The molecular formula is C36H29ClO. The number of rotatable bonds is 3. The molecule has 2 aliphatic rings. The minimum absolute atomic E-state index is 0.0193. The van der Waals surface area contributed by atoms with Gasteiger partial charge in [0.2, 0.25) is 0 Å². The topological polar surface area (TPSA) is 20.2 Å². The molecule has 0 unspecified atom stereocenters. The van der Waals surface area contributed by atoms with E-state index in [4.69, 9.17) is 11.6 Å². The lowest BCUT2D eigenvalue weighted by atomic mass is 9.62. The van der Waals surface area contributed by atoms with Gasteiger partial charge in [-0.25, -0.2) is 0 Å². The van der Waals surface area contributed by atoms with Crippen molar-refractivity contribution in [3.63, 3.8) is 0 Å². The molecule has 0 radical (unpaired) electrons. The summed E-state index contributed by atoms with van der Waals surface area (Å²) in [6, 6.07) is 42.7. The largest absolute Gasteiger partial charge is 0.385 e. The lowest BCUT2D eigenvalue weighted by molar-refractivity contribution is -0.0147. The molecule has 38 heavy (non-hydrogen) atoms. The van der Waals surface area contributed by atoms with Gasteiger partial charge in [-0.15, -0.1) is 0 Å². The Kier molecular flexibility index (Phi) is 5.54. The fourth-order valence-corrected chi connectivity index (χ4v) is 7.07. The molecule has 5 aromatic rings. The van der Waals surface area contributed by atoms with E-state index in [9.17, 15) is 5.11 Å². The summed E-state index contributed by atoms with van der Waals surface area (Å²) in [6.45, 7) is 0. The monoisotopic (exact) mass is 512 g/mol. The molecule has 1 saturated carbocycles. The molecule has 0 saturated heterocycles. The Hall–Kier alpha value is -3.65. The molecule has 0 amide bonds. The first kappa shape index (κ1) is 23.5. The van der Waals surface area contributed by atoms with Crippen LogP contribution >= 0.6 is 11.6 Å². The van der Waals surface area contributed by atoms with Crippen LogP contribution in [0.25, 0.3) is 33.4 Å². The zero-order chi connectivity index (χ0) is 25.7. The fraction of sp³-hybridized carbons (Fsp3) is 0.167. The van der Waals surface area contributed by atoms with Gasteiger partial charge in [0, 0.05) is 10.4 Å². The van der Waals surface area contributed by atoms with Crippen molar-refractivity contribution in [3.05, 3.63) is 143 Å². The van der Waals surface area contributed by atoms with E-state index in [2.05, 4.69) is 97.1 Å². The van der Waals surface area contributed by atoms with Crippen LogP contribution in [0, 0.1) is 0 Å². The van der Waals surface area contributed by atoms with Gasteiger partial charge < -0.3 is 5.11 Å². The summed E-state index contributed by atoms with van der Waals surface area (Å²) in [5.74, 6) is 0. The van der Waals surface area contributed by atoms with Crippen molar-refractivity contribution in [1.29, 1.82) is 0 Å². The minimum atomic E-state index is -0.858. The predicted molar refractivity (Wildman–Crippen MR) is 157 cm³/mol. The lowest BCUT2D eigenvalue weighted by Crippen LogP contribution is -2.39. The van der Waals surface area contributed by atoms with E-state index in [0.717, 1.165) is 58.5 Å². The molecule has 5 aromatic carbocycles. The Morgan fingerprint density at radius 1 is 0.447 bits per heavy atom. The Bertz CT molecular complexity index is 1580. The van der Waals surface area contributed by atoms with Crippen molar-refractivity contribution < 1.29 is 5.11 Å². The average molecular weight is 513 g/mol. The second-order valence-corrected chi connectivity index (χ2v) is 11.3. The predicted octanol–water partition coefficient (Wildman–Crippen LogP) is 9.40. The van der Waals surface area contributed by atoms with E-state index in [1.54, 1.807) is 0 Å². The van der Waals surface area contributed by atoms with Crippen LogP contribution in [0.4, 0.5) is 0 Å². The van der Waals surface area contributed by atoms with Gasteiger partial charge in [0.1, 0.15) is 0 Å². The maximum atomic E-state index is 12.2. The maximum Gasteiger partial charge on any atom is 0.0903 e. The molecule has 0 aromatic heterocycles. The first-order valence-corrected chi connectivity index (χ1v) is 13.8. The van der Waals surface area contributed by atoms with Gasteiger partial charge >= 0.3 is 0 Å². The zero-order valence-electron chi connectivity index (χ0n) is 21.2. The third-order valence-electron chi connectivity index (χ3n) is 8.91. The molecule has 0 bridgehead atoms. The molecule has 0 aliphatic heterocycles. The van der Waals surface area contributed by atoms with Crippen molar-refractivity contribution in [2.45, 2.75) is 36.7 Å². The average Bonchev–Trinajstić information content (AvgIpc) is 3.25. The Labute approximate surface area is 229 Å². The van der Waals surface area contributed by atoms with Crippen molar-refractivity contribution in [1.82, 2.24) is 0 Å². The maximum absolute atomic E-state index is 12.2. The highest BCUT2D eigenvalue weighted by molar-refractivity contribution is 6.30. The van der Waals surface area contributed by atoms with E-state index in [1.807, 2.05) is 24.3 Å². The molecule has 1 fully saturated rings. The number of hydrogen-bond donors (Lipinski definition) is 1. The molecular weight excluding hydrogens is 484 g/mol. The summed E-state index contributed by atoms with van der Waals surface area (Å²) < 4.78 is 0. The van der Waals surface area contributed by atoms with E-state index < -0.39 is 5.60 Å². The van der Waals surface area contributed by atoms with Crippen LogP contribution < -0.4 is 0 Å². The summed E-state index contributed by atoms with van der Waals surface area (Å²) in [4.78, 5) is 0. The third kappa shape index (κ3) is 3.65. The number of aliphatic hydroxyl groups is 1. The first-order valence-electron chi connectivity index (χ1n) is 13.5. The third-order valence-corrected chi connectivity index (χ3v) is 9.16. The summed E-state index contributed by atoms with van der Waals surface area (Å²) in [5.41, 5.74) is 10.3. The van der Waals surface area contributed by atoms with Crippen LogP contribution in [0.3, 0.4) is 0 Å². The van der Waals surface area contributed by atoms with E-state index in [1.165, 1.54) is 22.3 Å². The molecule has 0 heterocycles. The van der Waals surface area contributed by atoms with Crippen LogP contribution in [-0.2, 0) is 11.0 Å². The van der Waals surface area contributed by atoms with Gasteiger partial charge in [0.15, 0.2) is 0 Å². The molecule has 2 aliphatic carbocycles. The minimum Gasteiger partial charge on any atom is -0.385 e. The first-order chi connectivity index (χ1) is 18.6. The normalized spacial score (nSPS) is 16.7. The Balaban J connectivity index is 1.22. The van der Waals surface area contributed by atoms with Gasteiger partial charge in [-0.2, -0.15) is 0 Å². The van der Waals surface area contributed by atoms with Crippen molar-refractivity contribution in [2.24, 2.45) is 0 Å². The van der Waals surface area contributed by atoms with Gasteiger partial charge in [-0.3, -0.25) is 0 Å². The Morgan fingerprint density at radius 3 is 1.42 bits per heavy atom. The lowest BCUT2D eigenvalue weighted by Gasteiger charge is -2.44. The zero-order valence-corrected chi connectivity index (χ0v) is 22.0. The molecule has 2 heteroatoms. The quantitative estimate of drug-likeness (QED) is 0.255. The molecule has 0 atom stereocenters. The van der Waals surface area contributed by atoms with Crippen LogP contribution in [0.5, 0.6) is 0 Å². The Morgan fingerprint density at radius 2 is 0.868 bits per heavy atom. The molecule has 7 rings (SSSR count). The molecule has 186 valence electrons. The number of hydrogen-bond acceptors (Lipinski definition) is 1. The van der Waals surface area contributed by atoms with Crippen LogP contribution in [0.1, 0.15) is 42.4 Å². The summed E-state index contributed by atoms with van der Waals surface area (Å²) >= 11 is 6.07. The van der Waals surface area contributed by atoms with E-state index in [-0.39, 0.29) is 5.41 Å². The molecule has 1 nitrogen and oxygen atoms in total. The van der Waals surface area contributed by atoms with Crippen molar-refractivity contribution in [3.8, 4) is 33.4 Å². The second-order valence-electron chi connectivity index (χ2n) is 10.8. The molecule has 1 N–H and O–H groups in total. The van der Waals surface area contributed by atoms with Gasteiger partial charge in [-0.05, 0) is 87.9 Å². The highest BCUT2D eigenvalue weighted by Gasteiger charge is 2.49. The van der Waals surface area contributed by atoms with Crippen LogP contribution in [-0.4, -0.2) is 5.11 Å². The summed E-state index contributed by atoms with van der Waals surface area (Å²) in [7, 11) is 0. The van der Waals surface area contributed by atoms with Gasteiger partial charge in [0.05, 0.1) is 5.60 Å². The highest BCUT2D eigenvalue weighted by Crippen LogP contribution is 2.58. The van der Waals surface area contributed by atoms with E-state index >= 15 is 0 Å². The second kappa shape index (κ2) is 8.98. The fourth-order valence-electron chi connectivity index (χ4n) is 6.94. The standard InChI is InChI=1S/C36H29ClO/c37-28-19-17-26(18-20-28)25-13-15-27(16-14-25)29-7-1-6-12-34(29)36(38)23-21-35(22-24-36)32-10-4-2-8-30(32)31-9-3-5-11-33(31)35/h1-20,38H,21-24H2. The number of benzene rings is 5. The van der Waals surface area contributed by atoms with Crippen LogP contribution in [0.15, 0.2) is 121 Å². The highest BCUT2D eigenvalue weighted by atomic mass is 35.5. The van der Waals surface area contributed by atoms with Crippen LogP contribution in [0.2, 0.25) is 5.02 Å². The van der Waals surface area contributed by atoms with Gasteiger partial charge in [0.25, 0.3) is 0 Å². The number of fused-ring (bicyclic) bond motifs is 5. The van der Waals surface area contributed by atoms with E-state index in [0.29, 0.717) is 0 Å². The van der Waals surface area contributed by atoms with Gasteiger partial charge in [-0.1, -0.05) is 121 Å². The van der Waals surface area contributed by atoms with Crippen molar-refractivity contribution in [2.75, 3.05) is 0 Å². The molecule has 1 spiro atoms. The summed E-state index contributed by atoms with van der Waals surface area (Å²) in [6.07, 6.45) is 3.33. The van der Waals surface area contributed by atoms with Crippen molar-refractivity contribution >= 4 is 11.6 Å². The summed E-state index contributed by atoms with van der Waals surface area (Å²) in [5, 5.41) is 12.9. The smallest absolute Gasteiger partial charge is 0.0903 e. The number of halogens is 1.